The number of hydrogen-bond donors (Lipinski definition) is 2. The van der Waals surface area contributed by atoms with Crippen molar-refractivity contribution in [1.82, 2.24) is 14.8 Å². The molecular formula is C27H37N5O4. The molecule has 0 spiro atoms. The molecule has 0 radical (unpaired) electrons. The third kappa shape index (κ3) is 6.81. The van der Waals surface area contributed by atoms with Crippen LogP contribution in [0.1, 0.15) is 45.5 Å². The zero-order chi connectivity index (χ0) is 25.5. The molecule has 9 heteroatoms. The van der Waals surface area contributed by atoms with E-state index >= 15 is 0 Å². The number of aryl methyl sites for hydroxylation is 1. The third-order valence-electron chi connectivity index (χ3n) is 7.11. The molecule has 2 aromatic rings. The molecule has 1 aromatic carbocycles. The van der Waals surface area contributed by atoms with Crippen LogP contribution in [0.3, 0.4) is 0 Å². The van der Waals surface area contributed by atoms with Gasteiger partial charge in [-0.25, -0.2) is 9.78 Å². The fourth-order valence-electron chi connectivity index (χ4n) is 4.99. The summed E-state index contributed by atoms with van der Waals surface area (Å²) in [7, 11) is 2.19. The smallest absolute Gasteiger partial charge is 0.339 e. The Labute approximate surface area is 213 Å². The third-order valence-corrected chi connectivity index (χ3v) is 7.11. The second-order valence-electron chi connectivity index (χ2n) is 9.73. The van der Waals surface area contributed by atoms with Crippen LogP contribution in [0.4, 0.5) is 11.5 Å². The molecule has 0 unspecified atom stereocenters. The van der Waals surface area contributed by atoms with Crippen LogP contribution in [0.2, 0.25) is 0 Å². The molecule has 2 N–H and O–H groups in total. The number of carboxylic acid groups (broad SMARTS) is 1. The van der Waals surface area contributed by atoms with Gasteiger partial charge < -0.3 is 25.0 Å². The lowest BCUT2D eigenvalue weighted by Gasteiger charge is -2.38. The number of nitrogens with one attached hydrogen (secondary N) is 1. The monoisotopic (exact) mass is 495 g/mol. The first-order valence-corrected chi connectivity index (χ1v) is 12.8. The van der Waals surface area contributed by atoms with Crippen LogP contribution >= 0.6 is 0 Å². The van der Waals surface area contributed by atoms with E-state index in [1.54, 1.807) is 18.3 Å². The summed E-state index contributed by atoms with van der Waals surface area (Å²) in [5.74, 6) is -0.877. The molecule has 4 rings (SSSR count). The van der Waals surface area contributed by atoms with Gasteiger partial charge in [0.25, 0.3) is 5.91 Å². The highest BCUT2D eigenvalue weighted by Crippen LogP contribution is 2.26. The van der Waals surface area contributed by atoms with E-state index in [4.69, 9.17) is 4.74 Å². The average molecular weight is 496 g/mol. The molecule has 36 heavy (non-hydrogen) atoms. The Balaban J connectivity index is 1.32. The maximum absolute atomic E-state index is 12.6. The fraction of sp³-hybridized carbons (Fsp3) is 0.519. The van der Waals surface area contributed by atoms with Gasteiger partial charge in [0.05, 0.1) is 25.1 Å². The molecule has 9 nitrogen and oxygen atoms in total. The molecule has 2 aliphatic rings. The second kappa shape index (κ2) is 12.3. The Hall–Kier alpha value is -3.01. The van der Waals surface area contributed by atoms with Crippen LogP contribution in [-0.2, 0) is 4.74 Å². The van der Waals surface area contributed by atoms with Crippen molar-refractivity contribution in [3.8, 4) is 0 Å². The number of ether oxygens (including phenoxy) is 1. The van der Waals surface area contributed by atoms with Crippen molar-refractivity contribution in [3.05, 3.63) is 53.2 Å². The first-order chi connectivity index (χ1) is 17.4. The molecule has 0 saturated carbocycles. The van der Waals surface area contributed by atoms with Crippen molar-refractivity contribution in [2.75, 3.05) is 69.7 Å². The topological polar surface area (TPSA) is 98.2 Å². The summed E-state index contributed by atoms with van der Waals surface area (Å²) in [4.78, 5) is 36.0. The molecule has 1 aromatic heterocycles. The second-order valence-corrected chi connectivity index (χ2v) is 9.73. The molecule has 2 saturated heterocycles. The quantitative estimate of drug-likeness (QED) is 0.548. The normalized spacial score (nSPS) is 17.4. The molecular weight excluding hydrogens is 458 g/mol. The number of aromatic carboxylic acids is 1. The number of pyridine rings is 1. The number of rotatable bonds is 9. The molecule has 0 bridgehead atoms. The Kier molecular flexibility index (Phi) is 8.90. The zero-order valence-electron chi connectivity index (χ0n) is 21.3. The summed E-state index contributed by atoms with van der Waals surface area (Å²) in [6, 6.07) is 9.24. The molecule has 1 amide bonds. The number of hydrogen-bond acceptors (Lipinski definition) is 7. The number of nitrogens with zero attached hydrogens (tertiary/aromatic N) is 4. The minimum atomic E-state index is -1.05. The van der Waals surface area contributed by atoms with E-state index in [0.717, 1.165) is 77.3 Å². The van der Waals surface area contributed by atoms with Gasteiger partial charge >= 0.3 is 5.97 Å². The number of amides is 1. The summed E-state index contributed by atoms with van der Waals surface area (Å²) in [6.45, 7) is 9.29. The number of carboxylic acids is 1. The molecule has 2 fully saturated rings. The van der Waals surface area contributed by atoms with Gasteiger partial charge in [-0.05, 0) is 64.5 Å². The van der Waals surface area contributed by atoms with Crippen LogP contribution in [0.15, 0.2) is 36.5 Å². The number of carbonyl (C=O) groups excluding carboxylic acids is 1. The highest BCUT2D eigenvalue weighted by atomic mass is 16.5. The van der Waals surface area contributed by atoms with E-state index in [2.05, 4.69) is 27.1 Å². The molecule has 0 atom stereocenters. The van der Waals surface area contributed by atoms with Crippen LogP contribution in [0.25, 0.3) is 0 Å². The number of piperidine rings is 1. The molecule has 3 heterocycles. The highest BCUT2D eigenvalue weighted by molar-refractivity contribution is 6.05. The molecule has 2 aliphatic heterocycles. The van der Waals surface area contributed by atoms with Crippen LogP contribution in [0.5, 0.6) is 0 Å². The van der Waals surface area contributed by atoms with Gasteiger partial charge in [0.1, 0.15) is 11.4 Å². The van der Waals surface area contributed by atoms with Crippen LogP contribution in [0, 0.1) is 6.92 Å². The van der Waals surface area contributed by atoms with Gasteiger partial charge in [0.15, 0.2) is 0 Å². The lowest BCUT2D eigenvalue weighted by Crippen LogP contribution is -2.45. The Morgan fingerprint density at radius 2 is 1.92 bits per heavy atom. The Morgan fingerprint density at radius 1 is 1.17 bits per heavy atom. The number of morpholine rings is 1. The lowest BCUT2D eigenvalue weighted by molar-refractivity contribution is 0.0357. The van der Waals surface area contributed by atoms with E-state index < -0.39 is 5.97 Å². The van der Waals surface area contributed by atoms with Gasteiger partial charge in [-0.15, -0.1) is 0 Å². The van der Waals surface area contributed by atoms with E-state index in [-0.39, 0.29) is 11.5 Å². The maximum Gasteiger partial charge on any atom is 0.339 e. The first-order valence-electron chi connectivity index (χ1n) is 12.8. The van der Waals surface area contributed by atoms with Crippen molar-refractivity contribution >= 4 is 23.4 Å². The Bertz CT molecular complexity index is 1050. The SMILES string of the molecule is Cc1cccc(C(=O)Nc2cnc(N3CCC(N(C)CCCN4CCOCC4)CC3)c(C(=O)O)c2)c1. The molecule has 194 valence electrons. The van der Waals surface area contributed by atoms with Gasteiger partial charge in [-0.1, -0.05) is 17.7 Å². The van der Waals surface area contributed by atoms with E-state index in [9.17, 15) is 14.7 Å². The van der Waals surface area contributed by atoms with E-state index in [0.29, 0.717) is 23.1 Å². The highest BCUT2D eigenvalue weighted by Gasteiger charge is 2.26. The summed E-state index contributed by atoms with van der Waals surface area (Å²) in [5, 5.41) is 12.6. The van der Waals surface area contributed by atoms with Gasteiger partial charge in [-0.2, -0.15) is 0 Å². The Morgan fingerprint density at radius 3 is 2.61 bits per heavy atom. The lowest BCUT2D eigenvalue weighted by atomic mass is 10.0. The van der Waals surface area contributed by atoms with Crippen molar-refractivity contribution in [2.24, 2.45) is 0 Å². The summed E-state index contributed by atoms with van der Waals surface area (Å²) in [5.41, 5.74) is 1.98. The largest absolute Gasteiger partial charge is 0.478 e. The maximum atomic E-state index is 12.6. The fourth-order valence-corrected chi connectivity index (χ4v) is 4.99. The van der Waals surface area contributed by atoms with Gasteiger partial charge in [0.2, 0.25) is 0 Å². The van der Waals surface area contributed by atoms with Crippen molar-refractivity contribution in [1.29, 1.82) is 0 Å². The summed E-state index contributed by atoms with van der Waals surface area (Å²) >= 11 is 0. The number of benzene rings is 1. The van der Waals surface area contributed by atoms with E-state index in [1.807, 2.05) is 24.0 Å². The van der Waals surface area contributed by atoms with Crippen molar-refractivity contribution < 1.29 is 19.4 Å². The van der Waals surface area contributed by atoms with Crippen molar-refractivity contribution in [3.63, 3.8) is 0 Å². The van der Waals surface area contributed by atoms with Gasteiger partial charge in [-0.3, -0.25) is 9.69 Å². The number of aromatic nitrogens is 1. The van der Waals surface area contributed by atoms with Crippen molar-refractivity contribution in [2.45, 2.75) is 32.2 Å². The van der Waals surface area contributed by atoms with Crippen LogP contribution < -0.4 is 10.2 Å². The number of anilines is 2. The van der Waals surface area contributed by atoms with Crippen LogP contribution in [-0.4, -0.2) is 97.3 Å². The molecule has 0 aliphatic carbocycles. The van der Waals surface area contributed by atoms with E-state index in [1.165, 1.54) is 6.07 Å². The average Bonchev–Trinajstić information content (AvgIpc) is 2.89. The minimum Gasteiger partial charge on any atom is -0.478 e. The van der Waals surface area contributed by atoms with Gasteiger partial charge in [0, 0.05) is 37.8 Å². The predicted octanol–water partition coefficient (Wildman–Crippen LogP) is 2.96. The standard InChI is InChI=1S/C27H37N5O4/c1-20-5-3-6-21(17-20)26(33)29-22-18-24(27(34)35)25(28-19-22)32-11-7-23(8-12-32)30(2)9-4-10-31-13-15-36-16-14-31/h3,5-6,17-19,23H,4,7-16H2,1-2H3,(H,29,33)(H,34,35). The summed E-state index contributed by atoms with van der Waals surface area (Å²) < 4.78 is 5.42. The number of carbonyl (C=O) groups is 2. The summed E-state index contributed by atoms with van der Waals surface area (Å²) in [6.07, 6.45) is 4.60. The first kappa shape index (κ1) is 26.1. The zero-order valence-corrected chi connectivity index (χ0v) is 21.3. The minimum absolute atomic E-state index is 0.106. The predicted molar refractivity (Wildman–Crippen MR) is 140 cm³/mol.